The van der Waals surface area contributed by atoms with Crippen LogP contribution in [0, 0.1) is 0 Å². The minimum absolute atomic E-state index is 0.541. The van der Waals surface area contributed by atoms with Crippen molar-refractivity contribution in [1.29, 1.82) is 0 Å². The number of hydrogen-bond donors (Lipinski definition) is 0. The lowest BCUT2D eigenvalue weighted by Crippen LogP contribution is -2.06. The lowest BCUT2D eigenvalue weighted by Gasteiger charge is -2.05. The van der Waals surface area contributed by atoms with Crippen LogP contribution in [0.15, 0.2) is 12.4 Å². The number of halogens is 1. The second-order valence-electron chi connectivity index (χ2n) is 4.39. The van der Waals surface area contributed by atoms with Crippen molar-refractivity contribution in [2.24, 2.45) is 7.05 Å². The van der Waals surface area contributed by atoms with Gasteiger partial charge in [-0.2, -0.15) is 10.2 Å². The molecule has 0 amide bonds. The first-order valence-electron chi connectivity index (χ1n) is 6.30. The second-order valence-corrected chi connectivity index (χ2v) is 4.66. The van der Waals surface area contributed by atoms with Crippen LogP contribution < -0.4 is 0 Å². The average molecular weight is 267 g/mol. The summed E-state index contributed by atoms with van der Waals surface area (Å²) in [5.41, 5.74) is 4.72. The Labute approximate surface area is 113 Å². The highest BCUT2D eigenvalue weighted by molar-refractivity contribution is 6.17. The standard InChI is InChI=1S/C13H19ClN4/c1-4-12-11(6-14)13(5-2)18(16-12)9-10-7-15-17(3)8-10/h7-8H,4-6,9H2,1-3H3. The molecule has 0 spiro atoms. The van der Waals surface area contributed by atoms with Crippen LogP contribution in [0.25, 0.3) is 0 Å². The summed E-state index contributed by atoms with van der Waals surface area (Å²) in [4.78, 5) is 0. The van der Waals surface area contributed by atoms with Crippen LogP contribution in [0.2, 0.25) is 0 Å². The van der Waals surface area contributed by atoms with Gasteiger partial charge in [0.1, 0.15) is 0 Å². The monoisotopic (exact) mass is 266 g/mol. The molecule has 5 heteroatoms. The highest BCUT2D eigenvalue weighted by atomic mass is 35.5. The molecule has 0 unspecified atom stereocenters. The molecule has 0 aliphatic heterocycles. The molecule has 4 nitrogen and oxygen atoms in total. The molecule has 2 rings (SSSR count). The van der Waals surface area contributed by atoms with E-state index in [9.17, 15) is 0 Å². The zero-order chi connectivity index (χ0) is 13.1. The Morgan fingerprint density at radius 2 is 2.06 bits per heavy atom. The molecule has 98 valence electrons. The van der Waals surface area contributed by atoms with Gasteiger partial charge < -0.3 is 0 Å². The smallest absolute Gasteiger partial charge is 0.0693 e. The van der Waals surface area contributed by atoms with E-state index in [0.29, 0.717) is 5.88 Å². The van der Waals surface area contributed by atoms with Gasteiger partial charge in [0.2, 0.25) is 0 Å². The molecular weight excluding hydrogens is 248 g/mol. The maximum Gasteiger partial charge on any atom is 0.0693 e. The van der Waals surface area contributed by atoms with Gasteiger partial charge >= 0.3 is 0 Å². The molecule has 2 heterocycles. The Morgan fingerprint density at radius 3 is 2.56 bits per heavy atom. The first-order chi connectivity index (χ1) is 8.69. The molecule has 0 saturated heterocycles. The minimum atomic E-state index is 0.541. The summed E-state index contributed by atoms with van der Waals surface area (Å²) in [7, 11) is 1.93. The number of aromatic nitrogens is 4. The van der Waals surface area contributed by atoms with Gasteiger partial charge in [0.25, 0.3) is 0 Å². The quantitative estimate of drug-likeness (QED) is 0.780. The summed E-state index contributed by atoms with van der Waals surface area (Å²) in [6, 6.07) is 0. The highest BCUT2D eigenvalue weighted by Gasteiger charge is 2.14. The summed E-state index contributed by atoms with van der Waals surface area (Å²) in [5, 5.41) is 8.86. The predicted molar refractivity (Wildman–Crippen MR) is 72.9 cm³/mol. The van der Waals surface area contributed by atoms with E-state index in [4.69, 9.17) is 11.6 Å². The normalized spacial score (nSPS) is 11.1. The van der Waals surface area contributed by atoms with Gasteiger partial charge in [0.15, 0.2) is 0 Å². The summed E-state index contributed by atoms with van der Waals surface area (Å²) in [6.45, 7) is 5.03. The van der Waals surface area contributed by atoms with Crippen LogP contribution in [0.5, 0.6) is 0 Å². The van der Waals surface area contributed by atoms with Crippen LogP contribution in [0.3, 0.4) is 0 Å². The molecule has 0 aromatic carbocycles. The molecular formula is C13H19ClN4. The fraction of sp³-hybridized carbons (Fsp3) is 0.538. The van der Waals surface area contributed by atoms with Gasteiger partial charge in [-0.1, -0.05) is 13.8 Å². The molecule has 0 atom stereocenters. The Bertz CT molecular complexity index is 527. The van der Waals surface area contributed by atoms with Crippen molar-refractivity contribution >= 4 is 11.6 Å². The van der Waals surface area contributed by atoms with E-state index in [1.807, 2.05) is 24.1 Å². The van der Waals surface area contributed by atoms with E-state index in [1.54, 1.807) is 0 Å². The highest BCUT2D eigenvalue weighted by Crippen LogP contribution is 2.19. The van der Waals surface area contributed by atoms with Crippen molar-refractivity contribution in [2.45, 2.75) is 39.1 Å². The third-order valence-electron chi connectivity index (χ3n) is 3.14. The molecule has 0 saturated carbocycles. The van der Waals surface area contributed by atoms with Crippen molar-refractivity contribution < 1.29 is 0 Å². The maximum atomic E-state index is 6.05. The molecule has 0 radical (unpaired) electrons. The molecule has 18 heavy (non-hydrogen) atoms. The summed E-state index contributed by atoms with van der Waals surface area (Å²) in [6.07, 6.45) is 5.78. The van der Waals surface area contributed by atoms with Crippen molar-refractivity contribution in [1.82, 2.24) is 19.6 Å². The number of aryl methyl sites for hydroxylation is 2. The topological polar surface area (TPSA) is 35.6 Å². The van der Waals surface area contributed by atoms with Crippen LogP contribution in [-0.4, -0.2) is 19.6 Å². The zero-order valence-corrected chi connectivity index (χ0v) is 11.9. The average Bonchev–Trinajstić information content (AvgIpc) is 2.92. The van der Waals surface area contributed by atoms with E-state index >= 15 is 0 Å². The van der Waals surface area contributed by atoms with Crippen LogP contribution in [0.4, 0.5) is 0 Å². The largest absolute Gasteiger partial charge is 0.275 e. The van der Waals surface area contributed by atoms with Crippen LogP contribution in [0.1, 0.15) is 36.4 Å². The first kappa shape index (κ1) is 13.1. The number of hydrogen-bond acceptors (Lipinski definition) is 2. The first-order valence-corrected chi connectivity index (χ1v) is 6.83. The molecule has 0 fully saturated rings. The summed E-state index contributed by atoms with van der Waals surface area (Å²) >= 11 is 6.05. The molecule has 2 aromatic rings. The van der Waals surface area contributed by atoms with Crippen molar-refractivity contribution in [2.75, 3.05) is 0 Å². The zero-order valence-electron chi connectivity index (χ0n) is 11.1. The summed E-state index contributed by atoms with van der Waals surface area (Å²) in [5.74, 6) is 0.541. The number of nitrogens with zero attached hydrogens (tertiary/aromatic N) is 4. The Balaban J connectivity index is 2.35. The lowest BCUT2D eigenvalue weighted by atomic mass is 10.1. The second kappa shape index (κ2) is 5.57. The van der Waals surface area contributed by atoms with Gasteiger partial charge in [0, 0.05) is 30.1 Å². The number of alkyl halides is 1. The molecule has 0 bridgehead atoms. The molecule has 0 N–H and O–H groups in total. The minimum Gasteiger partial charge on any atom is -0.275 e. The Kier molecular flexibility index (Phi) is 4.07. The van der Waals surface area contributed by atoms with Gasteiger partial charge in [0.05, 0.1) is 24.3 Å². The van der Waals surface area contributed by atoms with Gasteiger partial charge in [-0.15, -0.1) is 11.6 Å². The van der Waals surface area contributed by atoms with Crippen molar-refractivity contribution in [3.8, 4) is 0 Å². The maximum absolute atomic E-state index is 6.05. The van der Waals surface area contributed by atoms with Crippen molar-refractivity contribution in [3.63, 3.8) is 0 Å². The molecule has 2 aromatic heterocycles. The third-order valence-corrected chi connectivity index (χ3v) is 3.41. The lowest BCUT2D eigenvalue weighted by molar-refractivity contribution is 0.639. The number of rotatable bonds is 5. The Hall–Kier alpha value is -1.29. The van der Waals surface area contributed by atoms with Crippen molar-refractivity contribution in [3.05, 3.63) is 34.9 Å². The fourth-order valence-corrected chi connectivity index (χ4v) is 2.59. The van der Waals surface area contributed by atoms with Crippen LogP contribution in [-0.2, 0) is 32.3 Å². The summed E-state index contributed by atoms with van der Waals surface area (Å²) < 4.78 is 3.88. The molecule has 0 aliphatic carbocycles. The Morgan fingerprint density at radius 1 is 1.28 bits per heavy atom. The SMILES string of the molecule is CCc1nn(Cc2cnn(C)c2)c(CC)c1CCl. The predicted octanol–water partition coefficient (Wildman–Crippen LogP) is 2.53. The van der Waals surface area contributed by atoms with Gasteiger partial charge in [-0.25, -0.2) is 0 Å². The fourth-order valence-electron chi connectivity index (χ4n) is 2.28. The van der Waals surface area contributed by atoms with E-state index in [-0.39, 0.29) is 0 Å². The van der Waals surface area contributed by atoms with E-state index in [2.05, 4.69) is 28.7 Å². The van der Waals surface area contributed by atoms with E-state index in [1.165, 1.54) is 16.8 Å². The van der Waals surface area contributed by atoms with E-state index < -0.39 is 0 Å². The third kappa shape index (κ3) is 2.43. The molecule has 0 aliphatic rings. The van der Waals surface area contributed by atoms with Crippen LogP contribution >= 0.6 is 11.6 Å². The van der Waals surface area contributed by atoms with Gasteiger partial charge in [-0.3, -0.25) is 9.36 Å². The van der Waals surface area contributed by atoms with Gasteiger partial charge in [-0.05, 0) is 12.8 Å². The van der Waals surface area contributed by atoms with E-state index in [0.717, 1.165) is 25.1 Å².